The quantitative estimate of drug-likeness (QED) is 0.804. The number of amides is 2. The predicted molar refractivity (Wildman–Crippen MR) is 94.2 cm³/mol. The van der Waals surface area contributed by atoms with Crippen LogP contribution in [-0.4, -0.2) is 35.8 Å². The normalized spacial score (nSPS) is 15.4. The molecule has 3 rings (SSSR count). The number of halogens is 4. The lowest BCUT2D eigenvalue weighted by Crippen LogP contribution is -2.46. The topological polar surface area (TPSA) is 49.4 Å². The number of piperidine rings is 1. The molecule has 0 bridgehead atoms. The van der Waals surface area contributed by atoms with E-state index in [0.29, 0.717) is 25.9 Å². The number of rotatable bonds is 3. The van der Waals surface area contributed by atoms with E-state index >= 15 is 0 Å². The van der Waals surface area contributed by atoms with E-state index in [2.05, 4.69) is 5.32 Å². The van der Waals surface area contributed by atoms with Gasteiger partial charge in [0.1, 0.15) is 5.82 Å². The van der Waals surface area contributed by atoms with Gasteiger partial charge in [-0.3, -0.25) is 9.59 Å². The maximum atomic E-state index is 13.7. The first-order valence-corrected chi connectivity index (χ1v) is 8.77. The molecule has 0 aliphatic carbocycles. The van der Waals surface area contributed by atoms with Crippen LogP contribution in [0.3, 0.4) is 0 Å². The Balaban J connectivity index is 1.55. The van der Waals surface area contributed by atoms with Gasteiger partial charge in [-0.05, 0) is 49.2 Å². The molecule has 148 valence electrons. The molecule has 0 saturated carbocycles. The first-order chi connectivity index (χ1) is 13.3. The zero-order chi connectivity index (χ0) is 20.3. The summed E-state index contributed by atoms with van der Waals surface area (Å²) in [6, 6.07) is 9.57. The summed E-state index contributed by atoms with van der Waals surface area (Å²) in [4.78, 5) is 26.2. The average molecular weight is 394 g/mol. The molecule has 0 unspecified atom stereocenters. The highest BCUT2D eigenvalue weighted by Crippen LogP contribution is 2.29. The highest BCUT2D eigenvalue weighted by Gasteiger charge is 2.31. The fourth-order valence-corrected chi connectivity index (χ4v) is 3.12. The molecule has 0 spiro atoms. The monoisotopic (exact) mass is 394 g/mol. The number of hydrogen-bond donors (Lipinski definition) is 1. The van der Waals surface area contributed by atoms with E-state index in [1.807, 2.05) is 0 Å². The van der Waals surface area contributed by atoms with Crippen molar-refractivity contribution in [2.24, 2.45) is 0 Å². The van der Waals surface area contributed by atoms with Gasteiger partial charge in [0.2, 0.25) is 0 Å². The van der Waals surface area contributed by atoms with E-state index in [1.54, 1.807) is 6.07 Å². The Morgan fingerprint density at radius 1 is 0.964 bits per heavy atom. The second-order valence-electron chi connectivity index (χ2n) is 6.59. The van der Waals surface area contributed by atoms with Crippen LogP contribution in [0, 0.1) is 5.82 Å². The highest BCUT2D eigenvalue weighted by atomic mass is 19.4. The Hall–Kier alpha value is -2.90. The third kappa shape index (κ3) is 4.49. The standard InChI is InChI=1S/C20H18F4N2O2/c21-17-4-2-1-3-16(17)18(27)25-15-9-11-26(12-10-15)19(28)13-5-7-14(8-6-13)20(22,23)24/h1-8,15H,9-12H2,(H,25,27). The number of hydrogen-bond acceptors (Lipinski definition) is 2. The van der Waals surface area contributed by atoms with Crippen LogP contribution < -0.4 is 5.32 Å². The molecule has 4 nitrogen and oxygen atoms in total. The Morgan fingerprint density at radius 3 is 2.14 bits per heavy atom. The molecule has 1 aliphatic rings. The van der Waals surface area contributed by atoms with Crippen molar-refractivity contribution in [2.45, 2.75) is 25.1 Å². The fourth-order valence-electron chi connectivity index (χ4n) is 3.12. The van der Waals surface area contributed by atoms with Crippen LogP contribution in [0.1, 0.15) is 39.1 Å². The lowest BCUT2D eigenvalue weighted by atomic mass is 10.0. The summed E-state index contributed by atoms with van der Waals surface area (Å²) in [6.45, 7) is 0.699. The van der Waals surface area contributed by atoms with E-state index in [0.717, 1.165) is 24.3 Å². The molecule has 0 aromatic heterocycles. The summed E-state index contributed by atoms with van der Waals surface area (Å²) in [7, 11) is 0. The van der Waals surface area contributed by atoms with E-state index in [4.69, 9.17) is 0 Å². The summed E-state index contributed by atoms with van der Waals surface area (Å²) in [5.74, 6) is -1.46. The molecule has 1 heterocycles. The van der Waals surface area contributed by atoms with Gasteiger partial charge in [0.15, 0.2) is 0 Å². The SMILES string of the molecule is O=C(NC1CCN(C(=O)c2ccc(C(F)(F)F)cc2)CC1)c1ccccc1F. The molecule has 28 heavy (non-hydrogen) atoms. The van der Waals surface area contributed by atoms with Crippen molar-refractivity contribution in [2.75, 3.05) is 13.1 Å². The Labute approximate surface area is 159 Å². The van der Waals surface area contributed by atoms with Crippen molar-refractivity contribution in [1.82, 2.24) is 10.2 Å². The van der Waals surface area contributed by atoms with Gasteiger partial charge < -0.3 is 10.2 Å². The molecule has 2 aromatic carbocycles. The second kappa shape index (κ2) is 8.00. The Bertz CT molecular complexity index is 857. The van der Waals surface area contributed by atoms with Crippen molar-refractivity contribution in [1.29, 1.82) is 0 Å². The molecule has 2 aromatic rings. The number of carbonyl (C=O) groups excluding carboxylic acids is 2. The molecule has 1 fully saturated rings. The molecule has 2 amide bonds. The van der Waals surface area contributed by atoms with E-state index in [-0.39, 0.29) is 23.1 Å². The molecule has 1 aliphatic heterocycles. The van der Waals surface area contributed by atoms with Crippen molar-refractivity contribution in [3.05, 3.63) is 71.0 Å². The summed E-state index contributed by atoms with van der Waals surface area (Å²) in [5.41, 5.74) is -0.661. The lowest BCUT2D eigenvalue weighted by molar-refractivity contribution is -0.137. The highest BCUT2D eigenvalue weighted by molar-refractivity contribution is 5.95. The van der Waals surface area contributed by atoms with Crippen LogP contribution in [-0.2, 0) is 6.18 Å². The van der Waals surface area contributed by atoms with Gasteiger partial charge in [0, 0.05) is 24.7 Å². The third-order valence-corrected chi connectivity index (χ3v) is 4.70. The third-order valence-electron chi connectivity index (χ3n) is 4.70. The van der Waals surface area contributed by atoms with Crippen molar-refractivity contribution >= 4 is 11.8 Å². The smallest absolute Gasteiger partial charge is 0.349 e. The zero-order valence-electron chi connectivity index (χ0n) is 14.8. The minimum atomic E-state index is -4.45. The molecule has 8 heteroatoms. The summed E-state index contributed by atoms with van der Waals surface area (Å²) >= 11 is 0. The fraction of sp³-hybridized carbons (Fsp3) is 0.300. The van der Waals surface area contributed by atoms with Gasteiger partial charge in [-0.25, -0.2) is 4.39 Å². The Kier molecular flexibility index (Phi) is 5.67. The van der Waals surface area contributed by atoms with Gasteiger partial charge >= 0.3 is 6.18 Å². The maximum absolute atomic E-state index is 13.7. The largest absolute Gasteiger partial charge is 0.416 e. The zero-order valence-corrected chi connectivity index (χ0v) is 14.8. The lowest BCUT2D eigenvalue weighted by Gasteiger charge is -2.32. The van der Waals surface area contributed by atoms with Crippen LogP contribution in [0.25, 0.3) is 0 Å². The van der Waals surface area contributed by atoms with Crippen LogP contribution in [0.5, 0.6) is 0 Å². The number of nitrogens with zero attached hydrogens (tertiary/aromatic N) is 1. The molecular weight excluding hydrogens is 376 g/mol. The van der Waals surface area contributed by atoms with Gasteiger partial charge in [-0.1, -0.05) is 12.1 Å². The van der Waals surface area contributed by atoms with Crippen LogP contribution in [0.4, 0.5) is 17.6 Å². The van der Waals surface area contributed by atoms with Gasteiger partial charge in [0.25, 0.3) is 11.8 Å². The van der Waals surface area contributed by atoms with E-state index < -0.39 is 23.5 Å². The average Bonchev–Trinajstić information content (AvgIpc) is 2.68. The van der Waals surface area contributed by atoms with Crippen LogP contribution in [0.15, 0.2) is 48.5 Å². The number of nitrogens with one attached hydrogen (secondary N) is 1. The summed E-state index contributed by atoms with van der Waals surface area (Å²) in [5, 5.41) is 2.76. The van der Waals surface area contributed by atoms with Gasteiger partial charge in [0.05, 0.1) is 11.1 Å². The first kappa shape index (κ1) is 19.9. The number of alkyl halides is 3. The van der Waals surface area contributed by atoms with E-state index in [1.165, 1.54) is 23.1 Å². The maximum Gasteiger partial charge on any atom is 0.416 e. The molecule has 1 saturated heterocycles. The van der Waals surface area contributed by atoms with E-state index in [9.17, 15) is 27.2 Å². The molecular formula is C20H18F4N2O2. The van der Waals surface area contributed by atoms with Gasteiger partial charge in [-0.2, -0.15) is 13.2 Å². The molecule has 1 N–H and O–H groups in total. The summed E-state index contributed by atoms with van der Waals surface area (Å²) < 4.78 is 51.5. The van der Waals surface area contributed by atoms with Crippen molar-refractivity contribution in [3.8, 4) is 0 Å². The molecule has 0 atom stereocenters. The number of carbonyl (C=O) groups is 2. The predicted octanol–water partition coefficient (Wildman–Crippen LogP) is 3.88. The van der Waals surface area contributed by atoms with Crippen molar-refractivity contribution < 1.29 is 27.2 Å². The number of likely N-dealkylation sites (tertiary alicyclic amines) is 1. The van der Waals surface area contributed by atoms with Crippen LogP contribution in [0.2, 0.25) is 0 Å². The summed E-state index contributed by atoms with van der Waals surface area (Å²) in [6.07, 6.45) is -3.49. The second-order valence-corrected chi connectivity index (χ2v) is 6.59. The Morgan fingerprint density at radius 2 is 1.57 bits per heavy atom. The molecule has 0 radical (unpaired) electrons. The number of benzene rings is 2. The minimum absolute atomic E-state index is 0.0363. The van der Waals surface area contributed by atoms with Gasteiger partial charge in [-0.15, -0.1) is 0 Å². The first-order valence-electron chi connectivity index (χ1n) is 8.77. The van der Waals surface area contributed by atoms with Crippen molar-refractivity contribution in [3.63, 3.8) is 0 Å². The minimum Gasteiger partial charge on any atom is -0.349 e. The van der Waals surface area contributed by atoms with Crippen LogP contribution >= 0.6 is 0 Å².